The van der Waals surface area contributed by atoms with Crippen LogP contribution in [-0.2, 0) is 0 Å². The first-order chi connectivity index (χ1) is 9.77. The zero-order chi connectivity index (χ0) is 13.4. The molecule has 20 heavy (non-hydrogen) atoms. The van der Waals surface area contributed by atoms with Gasteiger partial charge >= 0.3 is 11.4 Å². The quantitative estimate of drug-likeness (QED) is 0.727. The van der Waals surface area contributed by atoms with E-state index in [-0.39, 0.29) is 23.5 Å². The highest BCUT2D eigenvalue weighted by atomic mass is 16.2. The normalized spacial score (nSPS) is 32.0. The van der Waals surface area contributed by atoms with Crippen LogP contribution in [0.15, 0.2) is 52.1 Å². The summed E-state index contributed by atoms with van der Waals surface area (Å²) in [5, 5.41) is 0. The Hall–Kier alpha value is -2.30. The van der Waals surface area contributed by atoms with E-state index in [0.29, 0.717) is 17.5 Å². The molecule has 4 aliphatic rings. The summed E-state index contributed by atoms with van der Waals surface area (Å²) in [6.07, 6.45) is 5.31. The number of nitrogens with zero attached hydrogens (tertiary/aromatic N) is 3. The molecule has 6 rings (SSSR count). The molecule has 1 saturated carbocycles. The van der Waals surface area contributed by atoms with Gasteiger partial charge in [0.05, 0.1) is 17.8 Å². The lowest BCUT2D eigenvalue weighted by molar-refractivity contribution is 0.243. The predicted octanol–water partition coefficient (Wildman–Crippen LogP) is 1.10. The second-order valence-electron chi connectivity index (χ2n) is 5.85. The minimum Gasteiger partial charge on any atom is -0.245 e. The van der Waals surface area contributed by atoms with Crippen LogP contribution < -0.4 is 11.4 Å². The molecule has 3 heterocycles. The molecule has 0 radical (unpaired) electrons. The minimum atomic E-state index is -0.217. The summed E-state index contributed by atoms with van der Waals surface area (Å²) in [4.78, 5) is 25.3. The Bertz CT molecular complexity index is 806. The van der Waals surface area contributed by atoms with Crippen molar-refractivity contribution < 1.29 is 0 Å². The van der Waals surface area contributed by atoms with Gasteiger partial charge in [0.25, 0.3) is 0 Å². The van der Waals surface area contributed by atoms with Crippen LogP contribution in [0.4, 0.5) is 0 Å². The Morgan fingerprint density at radius 1 is 0.850 bits per heavy atom. The summed E-state index contributed by atoms with van der Waals surface area (Å²) in [6.45, 7) is 0. The van der Waals surface area contributed by atoms with Crippen molar-refractivity contribution >= 4 is 0 Å². The molecule has 5 heteroatoms. The maximum Gasteiger partial charge on any atom is 0.352 e. The molecular weight excluding hydrogens is 254 g/mol. The van der Waals surface area contributed by atoms with Gasteiger partial charge in [-0.1, -0.05) is 30.4 Å². The summed E-state index contributed by atoms with van der Waals surface area (Å²) in [6, 6.07) is 9.28. The van der Waals surface area contributed by atoms with E-state index >= 15 is 0 Å². The van der Waals surface area contributed by atoms with Gasteiger partial charge in [-0.2, -0.15) is 0 Å². The standard InChI is InChI=1S/C15H13N3O2/c19-14-16(9-4-2-1-3-5-9)15(20)18-13-7-6-12(17(14)18)10-8-11(10)13/h1-7,10-13H,8H2/t10-,11-,12-,13-/m0/s1. The highest BCUT2D eigenvalue weighted by Crippen LogP contribution is 2.58. The van der Waals surface area contributed by atoms with Crippen molar-refractivity contribution in [2.24, 2.45) is 11.8 Å². The van der Waals surface area contributed by atoms with Gasteiger partial charge in [0.1, 0.15) is 0 Å². The molecule has 0 spiro atoms. The molecule has 0 saturated heterocycles. The molecule has 2 aliphatic heterocycles. The first-order valence-corrected chi connectivity index (χ1v) is 6.97. The number of allylic oxidation sites excluding steroid dienone is 2. The summed E-state index contributed by atoms with van der Waals surface area (Å²) in [5.74, 6) is 1.10. The largest absolute Gasteiger partial charge is 0.352 e. The summed E-state index contributed by atoms with van der Waals surface area (Å²) in [7, 11) is 0. The third-order valence-corrected chi connectivity index (χ3v) is 4.86. The Morgan fingerprint density at radius 3 is 1.95 bits per heavy atom. The monoisotopic (exact) mass is 267 g/mol. The van der Waals surface area contributed by atoms with Crippen molar-refractivity contribution in [2.75, 3.05) is 0 Å². The topological polar surface area (TPSA) is 48.9 Å². The second kappa shape index (κ2) is 3.23. The van der Waals surface area contributed by atoms with Gasteiger partial charge in [0.15, 0.2) is 0 Å². The van der Waals surface area contributed by atoms with E-state index in [1.807, 2.05) is 18.2 Å². The number of hydrogen-bond donors (Lipinski definition) is 0. The fraction of sp³-hybridized carbons (Fsp3) is 0.333. The molecule has 4 atom stereocenters. The smallest absolute Gasteiger partial charge is 0.245 e. The Balaban J connectivity index is 1.84. The SMILES string of the molecule is O=c1n(-c2ccccc2)c(=O)n2n1[C@H]1C=C[C@H]2[C@H]2C[C@@H]21. The van der Waals surface area contributed by atoms with Gasteiger partial charge in [-0.15, -0.1) is 0 Å². The molecule has 1 aromatic heterocycles. The second-order valence-corrected chi connectivity index (χ2v) is 5.85. The first-order valence-electron chi connectivity index (χ1n) is 6.97. The van der Waals surface area contributed by atoms with Gasteiger partial charge in [-0.05, 0) is 30.4 Å². The maximum absolute atomic E-state index is 12.7. The van der Waals surface area contributed by atoms with Crippen molar-refractivity contribution in [2.45, 2.75) is 18.5 Å². The van der Waals surface area contributed by atoms with Gasteiger partial charge in [-0.25, -0.2) is 23.5 Å². The fourth-order valence-electron chi connectivity index (χ4n) is 3.87. The lowest BCUT2D eigenvalue weighted by Crippen LogP contribution is -2.40. The number of benzene rings is 1. The minimum absolute atomic E-state index is 0.0650. The molecule has 0 unspecified atom stereocenters. The van der Waals surface area contributed by atoms with Crippen molar-refractivity contribution in [1.29, 1.82) is 0 Å². The maximum atomic E-state index is 12.7. The molecule has 0 amide bonds. The van der Waals surface area contributed by atoms with Crippen molar-refractivity contribution in [1.82, 2.24) is 13.9 Å². The molecule has 5 nitrogen and oxygen atoms in total. The third kappa shape index (κ3) is 1.06. The van der Waals surface area contributed by atoms with Crippen LogP contribution in [0.2, 0.25) is 0 Å². The van der Waals surface area contributed by atoms with E-state index in [0.717, 1.165) is 6.42 Å². The van der Waals surface area contributed by atoms with E-state index in [1.54, 1.807) is 21.5 Å². The lowest BCUT2D eigenvalue weighted by Gasteiger charge is -2.32. The molecule has 2 aromatic rings. The van der Waals surface area contributed by atoms with Crippen LogP contribution in [0, 0.1) is 11.8 Å². The van der Waals surface area contributed by atoms with E-state index in [1.165, 1.54) is 4.57 Å². The van der Waals surface area contributed by atoms with Crippen LogP contribution in [0.25, 0.3) is 5.69 Å². The lowest BCUT2D eigenvalue weighted by atomic mass is 9.96. The van der Waals surface area contributed by atoms with Gasteiger partial charge < -0.3 is 0 Å². The number of aromatic nitrogens is 3. The molecule has 100 valence electrons. The first kappa shape index (κ1) is 10.5. The zero-order valence-corrected chi connectivity index (χ0v) is 10.7. The van der Waals surface area contributed by atoms with E-state index in [4.69, 9.17) is 0 Å². The third-order valence-electron chi connectivity index (χ3n) is 4.86. The van der Waals surface area contributed by atoms with Crippen LogP contribution in [0.3, 0.4) is 0 Å². The van der Waals surface area contributed by atoms with Crippen LogP contribution in [0.5, 0.6) is 0 Å². The van der Waals surface area contributed by atoms with E-state index in [2.05, 4.69) is 12.2 Å². The number of rotatable bonds is 1. The van der Waals surface area contributed by atoms with Crippen molar-refractivity contribution in [3.8, 4) is 5.69 Å². The Morgan fingerprint density at radius 2 is 1.40 bits per heavy atom. The Labute approximate surface area is 114 Å². The van der Waals surface area contributed by atoms with Crippen molar-refractivity contribution in [3.05, 3.63) is 63.5 Å². The van der Waals surface area contributed by atoms with Crippen molar-refractivity contribution in [3.63, 3.8) is 0 Å². The van der Waals surface area contributed by atoms with Crippen LogP contribution >= 0.6 is 0 Å². The number of para-hydroxylation sites is 1. The summed E-state index contributed by atoms with van der Waals surface area (Å²) >= 11 is 0. The fourth-order valence-corrected chi connectivity index (χ4v) is 3.87. The van der Waals surface area contributed by atoms with Gasteiger partial charge in [0, 0.05) is 0 Å². The van der Waals surface area contributed by atoms with E-state index in [9.17, 15) is 9.59 Å². The average molecular weight is 267 g/mol. The summed E-state index contributed by atoms with van der Waals surface area (Å²) < 4.78 is 4.61. The Kier molecular flexibility index (Phi) is 1.69. The summed E-state index contributed by atoms with van der Waals surface area (Å²) in [5.41, 5.74) is 0.210. The predicted molar refractivity (Wildman–Crippen MR) is 73.1 cm³/mol. The molecule has 2 aliphatic carbocycles. The number of hydrogen-bond acceptors (Lipinski definition) is 2. The highest BCUT2D eigenvalue weighted by molar-refractivity contribution is 5.31. The van der Waals surface area contributed by atoms with Crippen LogP contribution in [-0.4, -0.2) is 13.9 Å². The van der Waals surface area contributed by atoms with Gasteiger partial charge in [0.2, 0.25) is 0 Å². The van der Waals surface area contributed by atoms with E-state index < -0.39 is 0 Å². The zero-order valence-electron chi connectivity index (χ0n) is 10.7. The highest BCUT2D eigenvalue weighted by Gasteiger charge is 2.56. The molecule has 1 aromatic carbocycles. The molecule has 0 N–H and O–H groups in total. The van der Waals surface area contributed by atoms with Gasteiger partial charge in [-0.3, -0.25) is 0 Å². The average Bonchev–Trinajstić information content (AvgIpc) is 3.25. The molecule has 2 bridgehead atoms. The molecule has 1 fully saturated rings. The van der Waals surface area contributed by atoms with Crippen LogP contribution in [0.1, 0.15) is 18.5 Å². The molecular formula is C15H13N3O2.